The summed E-state index contributed by atoms with van der Waals surface area (Å²) in [5.74, 6) is 0.864. The van der Waals surface area contributed by atoms with Crippen molar-refractivity contribution < 1.29 is 18.3 Å². The Balaban J connectivity index is 2.11. The Morgan fingerprint density at radius 1 is 1.25 bits per heavy atom. The molecule has 2 rings (SSSR count). The third-order valence-electron chi connectivity index (χ3n) is 4.30. The second-order valence-electron chi connectivity index (χ2n) is 6.19. The predicted octanol–water partition coefficient (Wildman–Crippen LogP) is 2.90. The van der Waals surface area contributed by atoms with E-state index in [0.717, 1.165) is 22.5 Å². The molecule has 1 aromatic heterocycles. The van der Waals surface area contributed by atoms with Crippen molar-refractivity contribution >= 4 is 5.96 Å². The van der Waals surface area contributed by atoms with Gasteiger partial charge in [-0.2, -0.15) is 13.9 Å². The lowest BCUT2D eigenvalue weighted by Gasteiger charge is -2.13. The number of alkyl halides is 2. The molecule has 0 aliphatic carbocycles. The number of nitrogens with zero attached hydrogens (tertiary/aromatic N) is 3. The minimum atomic E-state index is -2.92. The van der Waals surface area contributed by atoms with E-state index in [1.54, 1.807) is 12.1 Å². The zero-order valence-corrected chi connectivity index (χ0v) is 16.8. The maximum atomic E-state index is 12.6. The molecule has 0 spiro atoms. The van der Waals surface area contributed by atoms with Gasteiger partial charge in [0.2, 0.25) is 0 Å². The van der Waals surface area contributed by atoms with Gasteiger partial charge < -0.3 is 20.1 Å². The van der Waals surface area contributed by atoms with Crippen molar-refractivity contribution in [2.75, 3.05) is 13.7 Å². The molecular formula is C19H27F2N5O2. The Morgan fingerprint density at radius 3 is 2.57 bits per heavy atom. The first kappa shape index (κ1) is 21.5. The van der Waals surface area contributed by atoms with Gasteiger partial charge in [-0.05, 0) is 38.5 Å². The fraction of sp³-hybridized carbons (Fsp3) is 0.474. The Morgan fingerprint density at radius 2 is 2.00 bits per heavy atom. The molecule has 1 aromatic carbocycles. The summed E-state index contributed by atoms with van der Waals surface area (Å²) in [7, 11) is 3.31. The van der Waals surface area contributed by atoms with Crippen LogP contribution in [0.1, 0.15) is 29.4 Å². The van der Waals surface area contributed by atoms with E-state index in [2.05, 4.69) is 25.5 Å². The molecule has 0 saturated heterocycles. The first-order chi connectivity index (χ1) is 13.3. The van der Waals surface area contributed by atoms with Crippen LogP contribution < -0.4 is 20.1 Å². The average molecular weight is 395 g/mol. The number of nitrogens with one attached hydrogen (secondary N) is 2. The summed E-state index contributed by atoms with van der Waals surface area (Å²) in [6, 6.07) is 4.86. The summed E-state index contributed by atoms with van der Waals surface area (Å²) in [6.45, 7) is 4.61. The van der Waals surface area contributed by atoms with Crippen LogP contribution in [-0.4, -0.2) is 36.0 Å². The van der Waals surface area contributed by atoms with Crippen LogP contribution in [0.5, 0.6) is 11.5 Å². The van der Waals surface area contributed by atoms with Crippen molar-refractivity contribution in [2.45, 2.75) is 40.5 Å². The van der Waals surface area contributed by atoms with Crippen molar-refractivity contribution in [1.82, 2.24) is 20.4 Å². The van der Waals surface area contributed by atoms with Crippen molar-refractivity contribution in [3.8, 4) is 11.5 Å². The monoisotopic (exact) mass is 395 g/mol. The predicted molar refractivity (Wildman–Crippen MR) is 104 cm³/mol. The second-order valence-corrected chi connectivity index (χ2v) is 6.19. The summed E-state index contributed by atoms with van der Waals surface area (Å²) in [6.07, 6.45) is 0. The number of rotatable bonds is 8. The number of benzene rings is 1. The first-order valence-corrected chi connectivity index (χ1v) is 8.98. The molecule has 0 fully saturated rings. The lowest BCUT2D eigenvalue weighted by Crippen LogP contribution is -2.37. The molecule has 0 aliphatic rings. The molecular weight excluding hydrogens is 368 g/mol. The summed E-state index contributed by atoms with van der Waals surface area (Å²) >= 11 is 0. The zero-order chi connectivity index (χ0) is 20.7. The molecule has 0 aliphatic heterocycles. The summed E-state index contributed by atoms with van der Waals surface area (Å²) in [4.78, 5) is 4.52. The molecule has 0 radical (unpaired) electrons. The van der Waals surface area contributed by atoms with Crippen LogP contribution >= 0.6 is 0 Å². The van der Waals surface area contributed by atoms with Gasteiger partial charge in [0.1, 0.15) is 0 Å². The van der Waals surface area contributed by atoms with Gasteiger partial charge in [0.25, 0.3) is 0 Å². The number of hydrogen-bond acceptors (Lipinski definition) is 4. The van der Waals surface area contributed by atoms with Crippen LogP contribution in [0.2, 0.25) is 0 Å². The van der Waals surface area contributed by atoms with Crippen LogP contribution in [0, 0.1) is 13.8 Å². The molecule has 7 nitrogen and oxygen atoms in total. The molecule has 2 N–H and O–H groups in total. The van der Waals surface area contributed by atoms with Crippen molar-refractivity contribution in [3.63, 3.8) is 0 Å². The van der Waals surface area contributed by atoms with Gasteiger partial charge in [-0.3, -0.25) is 4.68 Å². The molecule has 0 saturated carbocycles. The maximum absolute atomic E-state index is 12.6. The average Bonchev–Trinajstić information content (AvgIpc) is 2.89. The van der Waals surface area contributed by atoms with Gasteiger partial charge >= 0.3 is 6.61 Å². The number of aryl methyl sites for hydroxylation is 2. The quantitative estimate of drug-likeness (QED) is 0.531. The van der Waals surface area contributed by atoms with E-state index in [9.17, 15) is 8.78 Å². The summed E-state index contributed by atoms with van der Waals surface area (Å²) < 4.78 is 36.6. The molecule has 9 heteroatoms. The second kappa shape index (κ2) is 9.91. The summed E-state index contributed by atoms with van der Waals surface area (Å²) in [5.41, 5.74) is 3.89. The third-order valence-corrected chi connectivity index (χ3v) is 4.30. The third kappa shape index (κ3) is 5.58. The number of methoxy groups -OCH3 is 1. The van der Waals surface area contributed by atoms with Crippen molar-refractivity contribution in [1.29, 1.82) is 0 Å². The smallest absolute Gasteiger partial charge is 0.387 e. The van der Waals surface area contributed by atoms with Crippen molar-refractivity contribution in [2.24, 2.45) is 12.0 Å². The van der Waals surface area contributed by atoms with E-state index >= 15 is 0 Å². The van der Waals surface area contributed by atoms with Crippen LogP contribution in [0.3, 0.4) is 0 Å². The highest BCUT2D eigenvalue weighted by molar-refractivity contribution is 5.79. The zero-order valence-electron chi connectivity index (χ0n) is 16.8. The van der Waals surface area contributed by atoms with Gasteiger partial charge in [0.05, 0.1) is 19.3 Å². The van der Waals surface area contributed by atoms with E-state index < -0.39 is 6.61 Å². The molecule has 2 aromatic rings. The maximum Gasteiger partial charge on any atom is 0.387 e. The minimum absolute atomic E-state index is 0.00947. The molecule has 154 valence electrons. The van der Waals surface area contributed by atoms with Gasteiger partial charge in [0, 0.05) is 31.4 Å². The van der Waals surface area contributed by atoms with Gasteiger partial charge in [-0.15, -0.1) is 0 Å². The highest BCUT2D eigenvalue weighted by atomic mass is 19.3. The number of hydrogen-bond donors (Lipinski definition) is 2. The van der Waals surface area contributed by atoms with Crippen molar-refractivity contribution in [3.05, 3.63) is 40.7 Å². The highest BCUT2D eigenvalue weighted by Gasteiger charge is 2.12. The van der Waals surface area contributed by atoms with Gasteiger partial charge in [-0.1, -0.05) is 6.07 Å². The topological polar surface area (TPSA) is 72.7 Å². The normalized spacial score (nSPS) is 11.6. The van der Waals surface area contributed by atoms with E-state index in [4.69, 9.17) is 4.74 Å². The van der Waals surface area contributed by atoms with E-state index in [1.807, 2.05) is 32.5 Å². The lowest BCUT2D eigenvalue weighted by atomic mass is 10.2. The summed E-state index contributed by atoms with van der Waals surface area (Å²) in [5, 5.41) is 10.9. The van der Waals surface area contributed by atoms with Crippen LogP contribution in [-0.2, 0) is 20.1 Å². The molecule has 0 bridgehead atoms. The molecule has 0 unspecified atom stereocenters. The Labute approximate surface area is 163 Å². The molecule has 0 amide bonds. The van der Waals surface area contributed by atoms with Crippen LogP contribution in [0.15, 0.2) is 23.2 Å². The number of halogens is 2. The van der Waals surface area contributed by atoms with Gasteiger partial charge in [0.15, 0.2) is 17.5 Å². The molecule has 0 atom stereocenters. The Kier molecular flexibility index (Phi) is 7.60. The number of aromatic nitrogens is 2. The van der Waals surface area contributed by atoms with E-state index in [1.165, 1.54) is 13.2 Å². The first-order valence-electron chi connectivity index (χ1n) is 8.98. The van der Waals surface area contributed by atoms with Gasteiger partial charge in [-0.25, -0.2) is 4.99 Å². The largest absolute Gasteiger partial charge is 0.493 e. The minimum Gasteiger partial charge on any atom is -0.493 e. The highest BCUT2D eigenvalue weighted by Crippen LogP contribution is 2.29. The fourth-order valence-electron chi connectivity index (χ4n) is 2.77. The number of guanidine groups is 1. The number of aliphatic imine (C=N–C) groups is 1. The Hall–Kier alpha value is -2.84. The molecule has 1 heterocycles. The Bertz CT molecular complexity index is 821. The van der Waals surface area contributed by atoms with E-state index in [-0.39, 0.29) is 11.5 Å². The molecule has 28 heavy (non-hydrogen) atoms. The van der Waals surface area contributed by atoms with Crippen LogP contribution in [0.25, 0.3) is 0 Å². The van der Waals surface area contributed by atoms with Crippen LogP contribution in [0.4, 0.5) is 8.78 Å². The fourth-order valence-corrected chi connectivity index (χ4v) is 2.77. The lowest BCUT2D eigenvalue weighted by molar-refractivity contribution is -0.0512. The standard InChI is InChI=1S/C19H27F2N5O2/c1-6-22-19(24-11-15-12(2)25-26(4)13(15)3)23-10-14-7-8-16(27-5)17(9-14)28-18(20)21/h7-9,18H,6,10-11H2,1-5H3,(H2,22,23,24). The SMILES string of the molecule is CCNC(=NCc1ccc(OC)c(OC(F)F)c1)NCc1c(C)nn(C)c1C. The van der Waals surface area contributed by atoms with E-state index in [0.29, 0.717) is 25.6 Å². The number of ether oxygens (including phenoxy) is 2.